The van der Waals surface area contributed by atoms with Gasteiger partial charge in [-0.25, -0.2) is 9.78 Å². The maximum Gasteiger partial charge on any atom is 0.323 e. The molecule has 1 saturated heterocycles. The second kappa shape index (κ2) is 4.21. The van der Waals surface area contributed by atoms with Gasteiger partial charge in [-0.05, 0) is 29.9 Å². The van der Waals surface area contributed by atoms with Gasteiger partial charge < -0.3 is 15.0 Å². The van der Waals surface area contributed by atoms with Crippen molar-refractivity contribution in [3.63, 3.8) is 0 Å². The number of aliphatic hydroxyl groups excluding tert-OH is 1. The fraction of sp³-hybridized carbons (Fsp3) is 0.429. The van der Waals surface area contributed by atoms with Gasteiger partial charge in [0.05, 0.1) is 11.7 Å². The van der Waals surface area contributed by atoms with Gasteiger partial charge in [-0.15, -0.1) is 0 Å². The Morgan fingerprint density at radius 1 is 1.50 bits per heavy atom. The number of fused-ring (bicyclic) bond motifs is 2. The minimum Gasteiger partial charge on any atom is -0.396 e. The Balaban J connectivity index is 1.43. The van der Waals surface area contributed by atoms with Gasteiger partial charge in [-0.1, -0.05) is 0 Å². The first-order valence-electron chi connectivity index (χ1n) is 6.86. The molecule has 3 N–H and O–H groups in total. The molecule has 0 bridgehead atoms. The third kappa shape index (κ3) is 1.76. The number of hydrogen-bond donors (Lipinski definition) is 3. The average Bonchev–Trinajstić information content (AvgIpc) is 2.86. The maximum absolute atomic E-state index is 12.2. The molecular formula is C14H16N4O2. The number of amides is 2. The predicted octanol–water partition coefficient (Wildman–Crippen LogP) is 1.26. The minimum absolute atomic E-state index is 0.101. The zero-order valence-corrected chi connectivity index (χ0v) is 10.9. The first-order chi connectivity index (χ1) is 9.76. The van der Waals surface area contributed by atoms with Crippen molar-refractivity contribution in [3.8, 4) is 0 Å². The van der Waals surface area contributed by atoms with Crippen molar-refractivity contribution in [1.29, 1.82) is 0 Å². The van der Waals surface area contributed by atoms with Crippen LogP contribution in [0.5, 0.6) is 0 Å². The van der Waals surface area contributed by atoms with E-state index in [1.54, 1.807) is 6.20 Å². The number of pyridine rings is 1. The van der Waals surface area contributed by atoms with E-state index in [1.807, 2.05) is 23.2 Å². The monoisotopic (exact) mass is 272 g/mol. The second-order valence-corrected chi connectivity index (χ2v) is 5.64. The molecule has 0 spiro atoms. The van der Waals surface area contributed by atoms with E-state index in [4.69, 9.17) is 5.11 Å². The van der Waals surface area contributed by atoms with Crippen molar-refractivity contribution >= 4 is 22.8 Å². The molecule has 1 unspecified atom stereocenters. The third-order valence-corrected chi connectivity index (χ3v) is 4.54. The van der Waals surface area contributed by atoms with E-state index in [1.165, 1.54) is 0 Å². The molecule has 1 saturated carbocycles. The molecule has 1 aliphatic heterocycles. The number of nitrogens with one attached hydrogen (secondary N) is 2. The number of aromatic nitrogens is 2. The molecule has 104 valence electrons. The molecule has 3 atom stereocenters. The molecule has 6 heteroatoms. The van der Waals surface area contributed by atoms with Crippen molar-refractivity contribution < 1.29 is 9.90 Å². The van der Waals surface area contributed by atoms with Crippen molar-refractivity contribution in [1.82, 2.24) is 14.9 Å². The van der Waals surface area contributed by atoms with Gasteiger partial charge in [0.25, 0.3) is 0 Å². The molecule has 0 radical (unpaired) electrons. The molecular weight excluding hydrogens is 256 g/mol. The molecule has 3 heterocycles. The number of aliphatic hydroxyl groups is 1. The highest BCUT2D eigenvalue weighted by atomic mass is 16.3. The third-order valence-electron chi connectivity index (χ3n) is 4.54. The van der Waals surface area contributed by atoms with Crippen LogP contribution in [-0.4, -0.2) is 45.7 Å². The molecule has 2 aromatic rings. The zero-order valence-electron chi connectivity index (χ0n) is 10.9. The summed E-state index contributed by atoms with van der Waals surface area (Å²) < 4.78 is 0. The summed E-state index contributed by atoms with van der Waals surface area (Å²) in [6.07, 6.45) is 3.56. The number of likely N-dealkylation sites (tertiary alicyclic amines) is 1. The summed E-state index contributed by atoms with van der Waals surface area (Å²) in [4.78, 5) is 21.3. The van der Waals surface area contributed by atoms with Crippen molar-refractivity contribution in [2.75, 3.05) is 25.0 Å². The summed E-state index contributed by atoms with van der Waals surface area (Å²) in [5, 5.41) is 13.0. The molecule has 2 amide bonds. The van der Waals surface area contributed by atoms with Gasteiger partial charge >= 0.3 is 6.03 Å². The molecule has 20 heavy (non-hydrogen) atoms. The number of carbonyl (C=O) groups excluding carboxylic acids is 1. The van der Waals surface area contributed by atoms with Crippen LogP contribution in [0.4, 0.5) is 10.6 Å². The Labute approximate surface area is 115 Å². The predicted molar refractivity (Wildman–Crippen MR) is 74.2 cm³/mol. The Kier molecular flexibility index (Phi) is 2.47. The number of rotatable bonds is 2. The van der Waals surface area contributed by atoms with E-state index < -0.39 is 0 Å². The van der Waals surface area contributed by atoms with Gasteiger partial charge in [-0.3, -0.25) is 5.32 Å². The smallest absolute Gasteiger partial charge is 0.323 e. The lowest BCUT2D eigenvalue weighted by Crippen LogP contribution is -2.35. The molecule has 2 aromatic heterocycles. The van der Waals surface area contributed by atoms with Crippen molar-refractivity contribution in [2.24, 2.45) is 17.8 Å². The molecule has 1 aliphatic carbocycles. The summed E-state index contributed by atoms with van der Waals surface area (Å²) in [7, 11) is 0. The summed E-state index contributed by atoms with van der Waals surface area (Å²) >= 11 is 0. The number of carbonyl (C=O) groups is 1. The normalized spacial score (nSPS) is 27.6. The summed E-state index contributed by atoms with van der Waals surface area (Å²) in [6, 6.07) is 3.71. The quantitative estimate of drug-likeness (QED) is 0.770. The maximum atomic E-state index is 12.2. The minimum atomic E-state index is -0.101. The van der Waals surface area contributed by atoms with Gasteiger partial charge in [0, 0.05) is 31.3 Å². The van der Waals surface area contributed by atoms with E-state index in [0.717, 1.165) is 24.0 Å². The number of anilines is 1. The molecule has 0 aromatic carbocycles. The first-order valence-corrected chi connectivity index (χ1v) is 6.86. The Morgan fingerprint density at radius 2 is 2.30 bits per heavy atom. The highest BCUT2D eigenvalue weighted by Crippen LogP contribution is 2.51. The van der Waals surface area contributed by atoms with Crippen LogP contribution in [-0.2, 0) is 0 Å². The topological polar surface area (TPSA) is 81.2 Å². The van der Waals surface area contributed by atoms with Gasteiger partial charge in [0.1, 0.15) is 5.82 Å². The summed E-state index contributed by atoms with van der Waals surface area (Å²) in [5.74, 6) is 1.96. The Morgan fingerprint density at radius 3 is 3.05 bits per heavy atom. The Bertz CT molecular complexity index is 656. The number of hydrogen-bond acceptors (Lipinski definition) is 3. The number of H-pyrrole nitrogens is 1. The SMILES string of the molecule is O=C(Nc1cc2cc[nH]c2cn1)N1C[C@@H]2C(CO)[C@@H]2C1. The number of nitrogens with zero attached hydrogens (tertiary/aromatic N) is 2. The lowest BCUT2D eigenvalue weighted by atomic mass is 10.3. The summed E-state index contributed by atoms with van der Waals surface area (Å²) in [6.45, 7) is 1.73. The van der Waals surface area contributed by atoms with Crippen LogP contribution in [0.1, 0.15) is 0 Å². The zero-order chi connectivity index (χ0) is 13.7. The van der Waals surface area contributed by atoms with Crippen molar-refractivity contribution in [3.05, 3.63) is 24.5 Å². The van der Waals surface area contributed by atoms with Crippen LogP contribution in [0.15, 0.2) is 24.5 Å². The number of urea groups is 1. The fourth-order valence-corrected chi connectivity index (χ4v) is 3.29. The van der Waals surface area contributed by atoms with Crippen LogP contribution < -0.4 is 5.32 Å². The van der Waals surface area contributed by atoms with Crippen LogP contribution in [0, 0.1) is 17.8 Å². The lowest BCUT2D eigenvalue weighted by molar-refractivity contribution is 0.203. The van der Waals surface area contributed by atoms with Crippen LogP contribution in [0.3, 0.4) is 0 Å². The van der Waals surface area contributed by atoms with E-state index in [2.05, 4.69) is 15.3 Å². The van der Waals surface area contributed by atoms with E-state index in [9.17, 15) is 4.79 Å². The largest absolute Gasteiger partial charge is 0.396 e. The summed E-state index contributed by atoms with van der Waals surface area (Å²) in [5.41, 5.74) is 0.955. The molecule has 2 aliphatic rings. The standard InChI is InChI=1S/C14H16N4O2/c19-7-11-9-5-18(6-10(9)11)14(20)17-13-3-8-1-2-15-12(8)4-16-13/h1-4,9-11,15,19H,5-7H2,(H,16,17,20)/t9-,10+,11?. The average molecular weight is 272 g/mol. The van der Waals surface area contributed by atoms with E-state index in [-0.39, 0.29) is 12.6 Å². The van der Waals surface area contributed by atoms with Gasteiger partial charge in [0.2, 0.25) is 0 Å². The van der Waals surface area contributed by atoms with E-state index >= 15 is 0 Å². The molecule has 4 rings (SSSR count). The van der Waals surface area contributed by atoms with Crippen molar-refractivity contribution in [2.45, 2.75) is 0 Å². The fourth-order valence-electron chi connectivity index (χ4n) is 3.29. The van der Waals surface area contributed by atoms with Gasteiger partial charge in [0.15, 0.2) is 0 Å². The highest BCUT2D eigenvalue weighted by Gasteiger charge is 2.56. The Hall–Kier alpha value is -2.08. The second-order valence-electron chi connectivity index (χ2n) is 5.64. The van der Waals surface area contributed by atoms with Crippen LogP contribution >= 0.6 is 0 Å². The highest BCUT2D eigenvalue weighted by molar-refractivity contribution is 5.91. The van der Waals surface area contributed by atoms with Crippen LogP contribution in [0.25, 0.3) is 10.9 Å². The molecule has 2 fully saturated rings. The number of aromatic amines is 1. The molecule has 6 nitrogen and oxygen atoms in total. The van der Waals surface area contributed by atoms with Crippen LogP contribution in [0.2, 0.25) is 0 Å². The van der Waals surface area contributed by atoms with Gasteiger partial charge in [-0.2, -0.15) is 0 Å². The number of piperidine rings is 1. The van der Waals surface area contributed by atoms with E-state index in [0.29, 0.717) is 23.6 Å². The lowest BCUT2D eigenvalue weighted by Gasteiger charge is -2.19. The first kappa shape index (κ1) is 11.7.